The van der Waals surface area contributed by atoms with Crippen molar-refractivity contribution in [3.8, 4) is 11.1 Å². The summed E-state index contributed by atoms with van der Waals surface area (Å²) in [5.74, 6) is 0.914. The number of methoxy groups -OCH3 is 1. The van der Waals surface area contributed by atoms with E-state index in [0.29, 0.717) is 12.4 Å². The predicted molar refractivity (Wildman–Crippen MR) is 127 cm³/mol. The van der Waals surface area contributed by atoms with Gasteiger partial charge in [-0.25, -0.2) is 4.79 Å². The second-order valence-corrected chi connectivity index (χ2v) is 8.27. The molecule has 2 N–H and O–H groups in total. The van der Waals surface area contributed by atoms with Crippen molar-refractivity contribution in [1.29, 1.82) is 0 Å². The van der Waals surface area contributed by atoms with E-state index < -0.39 is 0 Å². The van der Waals surface area contributed by atoms with E-state index >= 15 is 0 Å². The third-order valence-electron chi connectivity index (χ3n) is 6.07. The lowest BCUT2D eigenvalue weighted by molar-refractivity contribution is 0.159. The summed E-state index contributed by atoms with van der Waals surface area (Å²) in [5.41, 5.74) is 4.08. The highest BCUT2D eigenvalue weighted by Gasteiger charge is 2.34. The summed E-state index contributed by atoms with van der Waals surface area (Å²) >= 11 is 0. The molecule has 32 heavy (non-hydrogen) atoms. The SMILES string of the molecule is COCCN1CC(NC(=O)Nc2c(-c3ccccc3)c(C)nn2C)C(c2ccccc2)C1. The zero-order valence-electron chi connectivity index (χ0n) is 18.9. The Kier molecular flexibility index (Phi) is 6.87. The fourth-order valence-corrected chi connectivity index (χ4v) is 4.54. The van der Waals surface area contributed by atoms with Gasteiger partial charge in [-0.2, -0.15) is 5.10 Å². The molecular weight excluding hydrogens is 402 g/mol. The number of carbonyl (C=O) groups excluding carboxylic acids is 1. The van der Waals surface area contributed by atoms with E-state index in [4.69, 9.17) is 4.74 Å². The molecule has 0 aliphatic carbocycles. The summed E-state index contributed by atoms with van der Waals surface area (Å²) in [6, 6.07) is 20.2. The average molecular weight is 434 g/mol. The van der Waals surface area contributed by atoms with Crippen molar-refractivity contribution in [2.24, 2.45) is 7.05 Å². The first-order chi connectivity index (χ1) is 15.6. The van der Waals surface area contributed by atoms with Gasteiger partial charge >= 0.3 is 6.03 Å². The molecule has 3 aromatic rings. The lowest BCUT2D eigenvalue weighted by atomic mass is 9.94. The van der Waals surface area contributed by atoms with Crippen LogP contribution in [0.1, 0.15) is 17.2 Å². The number of hydrogen-bond acceptors (Lipinski definition) is 4. The molecule has 2 amide bonds. The van der Waals surface area contributed by atoms with Gasteiger partial charge in [0, 0.05) is 45.3 Å². The van der Waals surface area contributed by atoms with Crippen molar-refractivity contribution >= 4 is 11.8 Å². The van der Waals surface area contributed by atoms with Crippen molar-refractivity contribution in [2.75, 3.05) is 38.7 Å². The highest BCUT2D eigenvalue weighted by Crippen LogP contribution is 2.31. The molecule has 0 bridgehead atoms. The molecule has 0 spiro atoms. The van der Waals surface area contributed by atoms with Gasteiger partial charge in [0.05, 0.1) is 18.3 Å². The van der Waals surface area contributed by atoms with E-state index in [1.807, 2.05) is 50.4 Å². The number of aryl methyl sites for hydroxylation is 2. The molecule has 1 saturated heterocycles. The van der Waals surface area contributed by atoms with Crippen LogP contribution in [0.25, 0.3) is 11.1 Å². The molecule has 2 unspecified atom stereocenters. The molecule has 168 valence electrons. The number of carbonyl (C=O) groups is 1. The Balaban J connectivity index is 1.52. The van der Waals surface area contributed by atoms with Gasteiger partial charge in [0.15, 0.2) is 0 Å². The van der Waals surface area contributed by atoms with Crippen LogP contribution in [0.15, 0.2) is 60.7 Å². The first-order valence-electron chi connectivity index (χ1n) is 11.0. The van der Waals surface area contributed by atoms with Crippen LogP contribution in [0.3, 0.4) is 0 Å². The number of ether oxygens (including phenoxy) is 1. The number of benzene rings is 2. The summed E-state index contributed by atoms with van der Waals surface area (Å²) < 4.78 is 6.99. The average Bonchev–Trinajstić information content (AvgIpc) is 3.33. The Morgan fingerprint density at radius 2 is 1.78 bits per heavy atom. The van der Waals surface area contributed by atoms with Gasteiger partial charge in [0.1, 0.15) is 5.82 Å². The second-order valence-electron chi connectivity index (χ2n) is 8.27. The Morgan fingerprint density at radius 3 is 2.47 bits per heavy atom. The number of likely N-dealkylation sites (tertiary alicyclic amines) is 1. The maximum absolute atomic E-state index is 13.1. The molecule has 7 nitrogen and oxygen atoms in total. The Bertz CT molecular complexity index is 1040. The van der Waals surface area contributed by atoms with Crippen LogP contribution in [0.2, 0.25) is 0 Å². The molecule has 1 fully saturated rings. The number of rotatable bonds is 7. The van der Waals surface area contributed by atoms with E-state index in [0.717, 1.165) is 36.5 Å². The number of hydrogen-bond donors (Lipinski definition) is 2. The number of nitrogens with zero attached hydrogens (tertiary/aromatic N) is 3. The Hall–Kier alpha value is -3.16. The van der Waals surface area contributed by atoms with Crippen LogP contribution in [-0.2, 0) is 11.8 Å². The van der Waals surface area contributed by atoms with Crippen LogP contribution < -0.4 is 10.6 Å². The Morgan fingerprint density at radius 1 is 1.09 bits per heavy atom. The number of amides is 2. The highest BCUT2D eigenvalue weighted by molar-refractivity contribution is 5.94. The highest BCUT2D eigenvalue weighted by atomic mass is 16.5. The first-order valence-corrected chi connectivity index (χ1v) is 11.0. The molecule has 7 heteroatoms. The number of nitrogens with one attached hydrogen (secondary N) is 2. The molecule has 1 aliphatic rings. The topological polar surface area (TPSA) is 71.4 Å². The molecule has 0 saturated carbocycles. The molecule has 1 aliphatic heterocycles. The molecule has 1 aromatic heterocycles. The van der Waals surface area contributed by atoms with Gasteiger partial charge in [-0.05, 0) is 18.1 Å². The Labute approximate surface area is 189 Å². The minimum atomic E-state index is -0.218. The fourth-order valence-electron chi connectivity index (χ4n) is 4.54. The molecular formula is C25H31N5O2. The lowest BCUT2D eigenvalue weighted by Crippen LogP contribution is -2.42. The van der Waals surface area contributed by atoms with Gasteiger partial charge in [-0.3, -0.25) is 14.9 Å². The normalized spacial score (nSPS) is 18.6. The zero-order chi connectivity index (χ0) is 22.5. The molecule has 2 heterocycles. The number of anilines is 1. The van der Waals surface area contributed by atoms with Gasteiger partial charge < -0.3 is 10.1 Å². The second kappa shape index (κ2) is 9.97. The van der Waals surface area contributed by atoms with Crippen molar-refractivity contribution in [2.45, 2.75) is 18.9 Å². The largest absolute Gasteiger partial charge is 0.383 e. The molecule has 2 atom stereocenters. The van der Waals surface area contributed by atoms with Crippen LogP contribution in [0.5, 0.6) is 0 Å². The zero-order valence-corrected chi connectivity index (χ0v) is 18.9. The van der Waals surface area contributed by atoms with Crippen LogP contribution >= 0.6 is 0 Å². The van der Waals surface area contributed by atoms with Crippen LogP contribution in [0, 0.1) is 6.92 Å². The maximum Gasteiger partial charge on any atom is 0.320 e. The molecule has 0 radical (unpaired) electrons. The first kappa shape index (κ1) is 22.0. The minimum absolute atomic E-state index is 0.00348. The third kappa shape index (κ3) is 4.84. The van der Waals surface area contributed by atoms with Crippen molar-refractivity contribution in [3.63, 3.8) is 0 Å². The van der Waals surface area contributed by atoms with E-state index in [9.17, 15) is 4.79 Å². The summed E-state index contributed by atoms with van der Waals surface area (Å²) in [6.07, 6.45) is 0. The quantitative estimate of drug-likeness (QED) is 0.597. The van der Waals surface area contributed by atoms with E-state index in [1.54, 1.807) is 11.8 Å². The number of aromatic nitrogens is 2. The minimum Gasteiger partial charge on any atom is -0.383 e. The van der Waals surface area contributed by atoms with E-state index in [1.165, 1.54) is 5.56 Å². The summed E-state index contributed by atoms with van der Waals surface area (Å²) in [5, 5.41) is 10.8. The van der Waals surface area contributed by atoms with Crippen molar-refractivity contribution < 1.29 is 9.53 Å². The fraction of sp³-hybridized carbons (Fsp3) is 0.360. The van der Waals surface area contributed by atoms with Gasteiger partial charge in [0.2, 0.25) is 0 Å². The van der Waals surface area contributed by atoms with Crippen LogP contribution in [-0.4, -0.2) is 60.1 Å². The summed E-state index contributed by atoms with van der Waals surface area (Å²) in [4.78, 5) is 15.4. The van der Waals surface area contributed by atoms with Gasteiger partial charge in [-0.1, -0.05) is 60.7 Å². The van der Waals surface area contributed by atoms with Crippen LogP contribution in [0.4, 0.5) is 10.6 Å². The van der Waals surface area contributed by atoms with Gasteiger partial charge in [0.25, 0.3) is 0 Å². The van der Waals surface area contributed by atoms with Crippen molar-refractivity contribution in [1.82, 2.24) is 20.0 Å². The van der Waals surface area contributed by atoms with Gasteiger partial charge in [-0.15, -0.1) is 0 Å². The molecule has 2 aromatic carbocycles. The van der Waals surface area contributed by atoms with E-state index in [-0.39, 0.29) is 18.0 Å². The van der Waals surface area contributed by atoms with Crippen molar-refractivity contribution in [3.05, 3.63) is 71.9 Å². The summed E-state index contributed by atoms with van der Waals surface area (Å²) in [7, 11) is 3.57. The maximum atomic E-state index is 13.1. The number of urea groups is 1. The monoisotopic (exact) mass is 433 g/mol. The van der Waals surface area contributed by atoms with E-state index in [2.05, 4.69) is 44.9 Å². The molecule has 4 rings (SSSR count). The third-order valence-corrected chi connectivity index (χ3v) is 6.07. The lowest BCUT2D eigenvalue weighted by Gasteiger charge is -2.21. The summed E-state index contributed by atoms with van der Waals surface area (Å²) in [6.45, 7) is 5.15. The smallest absolute Gasteiger partial charge is 0.320 e. The predicted octanol–water partition coefficient (Wildman–Crippen LogP) is 3.63. The standard InChI is InChI=1S/C25H31N5O2/c1-18-23(20-12-8-5-9-13-20)24(29(2)28-18)27-25(31)26-22-17-30(14-15-32-3)16-21(22)19-10-6-4-7-11-19/h4-13,21-22H,14-17H2,1-3H3,(H2,26,27,31).